The predicted octanol–water partition coefficient (Wildman–Crippen LogP) is 2.93. The number of aliphatic hydroxyl groups excluding tert-OH is 1. The molecule has 10 heteroatoms. The van der Waals surface area contributed by atoms with E-state index in [-0.39, 0.29) is 12.1 Å². The molecule has 0 spiro atoms. The Labute approximate surface area is 167 Å². The summed E-state index contributed by atoms with van der Waals surface area (Å²) in [5.74, 6) is 0. The minimum Gasteiger partial charge on any atom is -0.392 e. The van der Waals surface area contributed by atoms with E-state index >= 15 is 0 Å². The molecule has 0 amide bonds. The topological polar surface area (TPSA) is 73.7 Å². The first-order chi connectivity index (χ1) is 13.5. The first-order valence-corrected chi connectivity index (χ1v) is 10.4. The SMILES string of the molecule is CC1(C)CN(c2ccc(S(=O)(=O)C(F)(F)F)cc2)CN1Cc1ccncc1CO. The van der Waals surface area contributed by atoms with Gasteiger partial charge in [0.1, 0.15) is 0 Å². The van der Waals surface area contributed by atoms with Crippen molar-refractivity contribution in [2.45, 2.75) is 42.9 Å². The molecule has 0 radical (unpaired) electrons. The number of nitrogens with zero attached hydrogens (tertiary/aromatic N) is 3. The fourth-order valence-electron chi connectivity index (χ4n) is 3.38. The first kappa shape index (κ1) is 21.5. The Balaban J connectivity index is 1.80. The maximum atomic E-state index is 12.7. The second-order valence-electron chi connectivity index (χ2n) is 7.60. The molecule has 0 aliphatic carbocycles. The smallest absolute Gasteiger partial charge is 0.392 e. The molecular formula is C19H22F3N3O3S. The standard InChI is InChI=1S/C19H22F3N3O3S/c1-18(2)12-24(13-25(18)10-14-7-8-23-9-15(14)11-26)16-3-5-17(6-4-16)29(27,28)19(20,21)22/h3-9,26H,10-13H2,1-2H3. The van der Waals surface area contributed by atoms with Crippen LogP contribution in [0.3, 0.4) is 0 Å². The second kappa shape index (κ2) is 7.58. The van der Waals surface area contributed by atoms with Crippen molar-refractivity contribution in [1.29, 1.82) is 0 Å². The van der Waals surface area contributed by atoms with Crippen molar-refractivity contribution in [3.63, 3.8) is 0 Å². The van der Waals surface area contributed by atoms with Crippen LogP contribution in [0.2, 0.25) is 0 Å². The number of halogens is 3. The van der Waals surface area contributed by atoms with Gasteiger partial charge in [0.2, 0.25) is 0 Å². The zero-order valence-electron chi connectivity index (χ0n) is 16.0. The minimum atomic E-state index is -5.36. The van der Waals surface area contributed by atoms with Crippen LogP contribution in [-0.2, 0) is 23.0 Å². The molecule has 0 bridgehead atoms. The Kier molecular flexibility index (Phi) is 5.63. The highest BCUT2D eigenvalue weighted by molar-refractivity contribution is 7.92. The number of sulfone groups is 1. The monoisotopic (exact) mass is 429 g/mol. The third-order valence-electron chi connectivity index (χ3n) is 5.13. The van der Waals surface area contributed by atoms with E-state index in [0.29, 0.717) is 25.4 Å². The van der Waals surface area contributed by atoms with E-state index in [0.717, 1.165) is 23.3 Å². The van der Waals surface area contributed by atoms with Crippen LogP contribution in [0.15, 0.2) is 47.6 Å². The summed E-state index contributed by atoms with van der Waals surface area (Å²) in [5, 5.41) is 9.50. The van der Waals surface area contributed by atoms with Crippen LogP contribution in [0.1, 0.15) is 25.0 Å². The summed E-state index contributed by atoms with van der Waals surface area (Å²) in [6, 6.07) is 6.61. The summed E-state index contributed by atoms with van der Waals surface area (Å²) in [6.07, 6.45) is 3.28. The first-order valence-electron chi connectivity index (χ1n) is 8.90. The summed E-state index contributed by atoms with van der Waals surface area (Å²) in [7, 11) is -5.36. The van der Waals surface area contributed by atoms with Gasteiger partial charge in [0.05, 0.1) is 18.2 Å². The third kappa shape index (κ3) is 4.24. The lowest BCUT2D eigenvalue weighted by atomic mass is 10.0. The molecule has 3 rings (SSSR count). The van der Waals surface area contributed by atoms with Crippen molar-refractivity contribution < 1.29 is 26.7 Å². The highest BCUT2D eigenvalue weighted by Crippen LogP contribution is 2.34. The van der Waals surface area contributed by atoms with Gasteiger partial charge in [0.25, 0.3) is 9.84 Å². The van der Waals surface area contributed by atoms with Crippen molar-refractivity contribution >= 4 is 15.5 Å². The highest BCUT2D eigenvalue weighted by atomic mass is 32.2. The van der Waals surface area contributed by atoms with Gasteiger partial charge in [-0.15, -0.1) is 0 Å². The Morgan fingerprint density at radius 2 is 1.79 bits per heavy atom. The Bertz CT molecular complexity index is 976. The molecule has 29 heavy (non-hydrogen) atoms. The summed E-state index contributed by atoms with van der Waals surface area (Å²) in [5.41, 5.74) is -3.24. The largest absolute Gasteiger partial charge is 0.501 e. The fraction of sp³-hybridized carbons (Fsp3) is 0.421. The van der Waals surface area contributed by atoms with Crippen LogP contribution in [0.4, 0.5) is 18.9 Å². The van der Waals surface area contributed by atoms with Crippen LogP contribution in [0, 0.1) is 0 Å². The molecule has 1 aromatic carbocycles. The number of alkyl halides is 3. The number of pyridine rings is 1. The molecular weight excluding hydrogens is 407 g/mol. The van der Waals surface area contributed by atoms with Crippen molar-refractivity contribution in [3.05, 3.63) is 53.9 Å². The molecule has 1 aliphatic heterocycles. The van der Waals surface area contributed by atoms with E-state index in [1.807, 2.05) is 11.0 Å². The molecule has 1 aliphatic rings. The van der Waals surface area contributed by atoms with E-state index in [2.05, 4.69) is 23.7 Å². The molecule has 6 nitrogen and oxygen atoms in total. The van der Waals surface area contributed by atoms with Crippen LogP contribution < -0.4 is 4.90 Å². The third-order valence-corrected chi connectivity index (χ3v) is 6.63. The van der Waals surface area contributed by atoms with Gasteiger partial charge in [0, 0.05) is 42.3 Å². The zero-order chi connectivity index (χ0) is 21.4. The predicted molar refractivity (Wildman–Crippen MR) is 102 cm³/mol. The highest BCUT2D eigenvalue weighted by Gasteiger charge is 2.47. The van der Waals surface area contributed by atoms with Gasteiger partial charge in [-0.05, 0) is 49.7 Å². The Hall–Kier alpha value is -2.17. The number of aliphatic hydroxyl groups is 1. The summed E-state index contributed by atoms with van der Waals surface area (Å²) < 4.78 is 61.2. The maximum absolute atomic E-state index is 12.7. The summed E-state index contributed by atoms with van der Waals surface area (Å²) >= 11 is 0. The van der Waals surface area contributed by atoms with Crippen molar-refractivity contribution in [2.24, 2.45) is 0 Å². The average molecular weight is 429 g/mol. The summed E-state index contributed by atoms with van der Waals surface area (Å²) in [6.45, 7) is 5.67. The number of benzene rings is 1. The van der Waals surface area contributed by atoms with Gasteiger partial charge < -0.3 is 10.0 Å². The minimum absolute atomic E-state index is 0.115. The molecule has 0 saturated carbocycles. The second-order valence-corrected chi connectivity index (χ2v) is 9.54. The van der Waals surface area contributed by atoms with Crippen molar-refractivity contribution in [1.82, 2.24) is 9.88 Å². The van der Waals surface area contributed by atoms with Crippen LogP contribution >= 0.6 is 0 Å². The number of hydrogen-bond acceptors (Lipinski definition) is 6. The van der Waals surface area contributed by atoms with Gasteiger partial charge in [-0.25, -0.2) is 8.42 Å². The van der Waals surface area contributed by atoms with Crippen LogP contribution in [-0.4, -0.2) is 47.7 Å². The lowest BCUT2D eigenvalue weighted by molar-refractivity contribution is -0.0436. The van der Waals surface area contributed by atoms with E-state index in [1.165, 1.54) is 12.1 Å². The quantitative estimate of drug-likeness (QED) is 0.788. The van der Waals surface area contributed by atoms with E-state index in [4.69, 9.17) is 0 Å². The van der Waals surface area contributed by atoms with Crippen LogP contribution in [0.5, 0.6) is 0 Å². The lowest BCUT2D eigenvalue weighted by Gasteiger charge is -2.30. The summed E-state index contributed by atoms with van der Waals surface area (Å²) in [4.78, 5) is 7.41. The zero-order valence-corrected chi connectivity index (χ0v) is 16.8. The van der Waals surface area contributed by atoms with E-state index < -0.39 is 20.2 Å². The van der Waals surface area contributed by atoms with Gasteiger partial charge in [-0.3, -0.25) is 9.88 Å². The maximum Gasteiger partial charge on any atom is 0.501 e. The molecule has 1 N–H and O–H groups in total. The molecule has 1 aromatic heterocycles. The molecule has 158 valence electrons. The van der Waals surface area contributed by atoms with Crippen LogP contribution in [0.25, 0.3) is 0 Å². The van der Waals surface area contributed by atoms with Crippen molar-refractivity contribution in [2.75, 3.05) is 18.1 Å². The fourth-order valence-corrected chi connectivity index (χ4v) is 4.14. The number of aromatic nitrogens is 1. The van der Waals surface area contributed by atoms with Gasteiger partial charge in [-0.2, -0.15) is 13.2 Å². The molecule has 1 saturated heterocycles. The molecule has 2 heterocycles. The number of hydrogen-bond donors (Lipinski definition) is 1. The molecule has 2 aromatic rings. The van der Waals surface area contributed by atoms with Gasteiger partial charge >= 0.3 is 5.51 Å². The molecule has 1 fully saturated rings. The number of anilines is 1. The van der Waals surface area contributed by atoms with Crippen molar-refractivity contribution in [3.8, 4) is 0 Å². The molecule has 0 unspecified atom stereocenters. The van der Waals surface area contributed by atoms with E-state index in [1.54, 1.807) is 12.4 Å². The average Bonchev–Trinajstić information content (AvgIpc) is 2.96. The molecule has 0 atom stereocenters. The Morgan fingerprint density at radius 3 is 2.38 bits per heavy atom. The van der Waals surface area contributed by atoms with Gasteiger partial charge in [0.15, 0.2) is 0 Å². The van der Waals surface area contributed by atoms with Gasteiger partial charge in [-0.1, -0.05) is 0 Å². The normalized spacial score (nSPS) is 17.7. The Morgan fingerprint density at radius 1 is 1.14 bits per heavy atom. The number of rotatable bonds is 5. The lowest BCUT2D eigenvalue weighted by Crippen LogP contribution is -2.39. The van der Waals surface area contributed by atoms with E-state index in [9.17, 15) is 26.7 Å².